The zero-order chi connectivity index (χ0) is 21.9. The highest BCUT2D eigenvalue weighted by atomic mass is 16.5. The monoisotopic (exact) mass is 420 g/mol. The van der Waals surface area contributed by atoms with Crippen LogP contribution in [0.2, 0.25) is 0 Å². The molecule has 31 heavy (non-hydrogen) atoms. The van der Waals surface area contributed by atoms with Gasteiger partial charge in [0, 0.05) is 20.5 Å². The molecule has 1 N–H and O–H groups in total. The third-order valence-corrected chi connectivity index (χ3v) is 7.70. The van der Waals surface area contributed by atoms with Gasteiger partial charge in [-0.2, -0.15) is 0 Å². The number of hydrogen-bond acceptors (Lipinski definition) is 4. The van der Waals surface area contributed by atoms with Crippen LogP contribution in [0.15, 0.2) is 54.6 Å². The molecule has 1 saturated carbocycles. The number of fused-ring (bicyclic) bond motifs is 3. The molecule has 3 aliphatic rings. The average Bonchev–Trinajstić information content (AvgIpc) is 3.29. The summed E-state index contributed by atoms with van der Waals surface area (Å²) < 4.78 is 6.41. The molecule has 5 rings (SSSR count). The number of carbonyl (C=O) groups is 2. The number of amides is 3. The summed E-state index contributed by atoms with van der Waals surface area (Å²) in [6, 6.07) is 17.4. The molecule has 6 nitrogen and oxygen atoms in total. The van der Waals surface area contributed by atoms with Crippen molar-refractivity contribution in [3.05, 3.63) is 65.7 Å². The minimum atomic E-state index is -1.71. The number of aliphatic hydroxyl groups is 1. The normalized spacial score (nSPS) is 31.7. The van der Waals surface area contributed by atoms with Gasteiger partial charge >= 0.3 is 6.03 Å². The van der Waals surface area contributed by atoms with Gasteiger partial charge in [0.1, 0.15) is 11.2 Å². The Balaban J connectivity index is 1.53. The van der Waals surface area contributed by atoms with Gasteiger partial charge in [0.05, 0.1) is 0 Å². The Bertz CT molecular complexity index is 1010. The van der Waals surface area contributed by atoms with Crippen molar-refractivity contribution in [3.63, 3.8) is 0 Å². The van der Waals surface area contributed by atoms with Crippen LogP contribution in [0.1, 0.15) is 36.8 Å². The number of ether oxygens (including phenoxy) is 1. The zero-order valence-corrected chi connectivity index (χ0v) is 18.0. The van der Waals surface area contributed by atoms with E-state index < -0.39 is 22.8 Å². The molecular formula is C25H28N2O4. The number of aryl methyl sites for hydroxylation is 1. The Morgan fingerprint density at radius 3 is 2.45 bits per heavy atom. The number of nitrogens with zero attached hydrogens (tertiary/aromatic N) is 2. The van der Waals surface area contributed by atoms with Gasteiger partial charge in [-0.15, -0.1) is 0 Å². The van der Waals surface area contributed by atoms with E-state index in [4.69, 9.17) is 4.74 Å². The lowest BCUT2D eigenvalue weighted by atomic mass is 9.68. The summed E-state index contributed by atoms with van der Waals surface area (Å²) in [4.78, 5) is 29.1. The summed E-state index contributed by atoms with van der Waals surface area (Å²) in [5, 5.41) is 12.3. The molecule has 0 bridgehead atoms. The maximum Gasteiger partial charge on any atom is 0.328 e. The van der Waals surface area contributed by atoms with Crippen molar-refractivity contribution in [1.82, 2.24) is 9.80 Å². The molecule has 1 aliphatic carbocycles. The summed E-state index contributed by atoms with van der Waals surface area (Å²) in [6.07, 6.45) is 3.50. The van der Waals surface area contributed by atoms with E-state index >= 15 is 0 Å². The van der Waals surface area contributed by atoms with E-state index in [1.165, 1.54) is 17.5 Å². The summed E-state index contributed by atoms with van der Waals surface area (Å²) in [5.74, 6) is 0.422. The Labute approximate surface area is 182 Å². The van der Waals surface area contributed by atoms with Crippen LogP contribution in [0, 0.1) is 5.41 Å². The number of hydrogen-bond donors (Lipinski definition) is 1. The summed E-state index contributed by atoms with van der Waals surface area (Å²) in [6.45, 7) is 0. The van der Waals surface area contributed by atoms with Crippen LogP contribution in [0.4, 0.5) is 4.79 Å². The molecule has 3 amide bonds. The first kappa shape index (κ1) is 20.1. The van der Waals surface area contributed by atoms with E-state index in [0.717, 1.165) is 29.1 Å². The predicted molar refractivity (Wildman–Crippen MR) is 115 cm³/mol. The molecule has 6 heteroatoms. The zero-order valence-electron chi connectivity index (χ0n) is 18.0. The molecule has 2 aromatic carbocycles. The van der Waals surface area contributed by atoms with Gasteiger partial charge in [-0.05, 0) is 49.3 Å². The fourth-order valence-corrected chi connectivity index (χ4v) is 6.14. The van der Waals surface area contributed by atoms with Crippen LogP contribution in [0.5, 0.6) is 5.75 Å². The second-order valence-electron chi connectivity index (χ2n) is 9.18. The third kappa shape index (κ3) is 2.54. The van der Waals surface area contributed by atoms with Crippen molar-refractivity contribution in [1.29, 1.82) is 0 Å². The molecule has 1 spiro atoms. The Kier molecular flexibility index (Phi) is 4.42. The highest BCUT2D eigenvalue weighted by Crippen LogP contribution is 2.63. The molecule has 2 heterocycles. The van der Waals surface area contributed by atoms with E-state index in [2.05, 4.69) is 12.1 Å². The minimum absolute atomic E-state index is 0.303. The van der Waals surface area contributed by atoms with E-state index in [-0.39, 0.29) is 5.91 Å². The molecular weight excluding hydrogens is 392 g/mol. The van der Waals surface area contributed by atoms with Gasteiger partial charge in [-0.1, -0.05) is 48.5 Å². The van der Waals surface area contributed by atoms with Gasteiger partial charge in [0.2, 0.25) is 5.91 Å². The van der Waals surface area contributed by atoms with Crippen LogP contribution < -0.4 is 4.74 Å². The lowest BCUT2D eigenvalue weighted by molar-refractivity contribution is -0.242. The van der Waals surface area contributed by atoms with Crippen LogP contribution >= 0.6 is 0 Å². The molecule has 2 fully saturated rings. The SMILES string of the molecule is CN1C(=O)N(C)[C@@]2(O)[C@@]3(CC[C@@]2(CCCc2ccccc2)C1=O)Cc1ccccc1O3. The maximum absolute atomic E-state index is 13.6. The fraction of sp³-hybridized carbons (Fsp3) is 0.440. The van der Waals surface area contributed by atoms with Crippen molar-refractivity contribution >= 4 is 11.9 Å². The smallest absolute Gasteiger partial charge is 0.328 e. The number of imide groups is 1. The van der Waals surface area contributed by atoms with Crippen LogP contribution in [-0.2, 0) is 17.6 Å². The Morgan fingerprint density at radius 2 is 1.71 bits per heavy atom. The number of carbonyl (C=O) groups excluding carboxylic acids is 2. The fourth-order valence-electron chi connectivity index (χ4n) is 6.14. The van der Waals surface area contributed by atoms with Gasteiger partial charge in [-0.3, -0.25) is 14.6 Å². The topological polar surface area (TPSA) is 70.1 Å². The molecule has 162 valence electrons. The van der Waals surface area contributed by atoms with Gasteiger partial charge < -0.3 is 9.84 Å². The average molecular weight is 421 g/mol. The lowest BCUT2D eigenvalue weighted by Gasteiger charge is -2.56. The number of likely N-dealkylation sites (N-methyl/N-ethyl adjacent to an activating group) is 1. The summed E-state index contributed by atoms with van der Waals surface area (Å²) in [7, 11) is 3.10. The van der Waals surface area contributed by atoms with Crippen molar-refractivity contribution in [2.75, 3.05) is 14.1 Å². The third-order valence-electron chi connectivity index (χ3n) is 7.70. The van der Waals surface area contributed by atoms with Crippen molar-refractivity contribution < 1.29 is 19.4 Å². The summed E-state index contributed by atoms with van der Waals surface area (Å²) >= 11 is 0. The standard InChI is InChI=1S/C25H28N2O4/c1-26-21(28)23(14-8-11-18-9-4-3-5-10-18)15-16-24(25(23,30)27(2)22(26)29)17-19-12-6-7-13-20(19)31-24/h3-7,9-10,12-13,30H,8,11,14-17H2,1-2H3/t23-,24+,25-/m0/s1. The number of rotatable bonds is 4. The first-order chi connectivity index (χ1) is 14.8. The number of urea groups is 1. The van der Waals surface area contributed by atoms with Crippen molar-refractivity contribution in [2.24, 2.45) is 5.41 Å². The van der Waals surface area contributed by atoms with Crippen molar-refractivity contribution in [2.45, 2.75) is 49.9 Å². The second-order valence-corrected chi connectivity index (χ2v) is 9.18. The molecule has 2 aromatic rings. The Morgan fingerprint density at radius 1 is 1.00 bits per heavy atom. The van der Waals surface area contributed by atoms with E-state index in [1.54, 1.807) is 7.05 Å². The van der Waals surface area contributed by atoms with Gasteiger partial charge in [0.25, 0.3) is 0 Å². The van der Waals surface area contributed by atoms with Gasteiger partial charge in [0.15, 0.2) is 11.3 Å². The minimum Gasteiger partial charge on any atom is -0.482 e. The number of benzene rings is 2. The van der Waals surface area contributed by atoms with Crippen LogP contribution in [0.25, 0.3) is 0 Å². The van der Waals surface area contributed by atoms with Crippen molar-refractivity contribution in [3.8, 4) is 5.75 Å². The van der Waals surface area contributed by atoms with Crippen LogP contribution in [0.3, 0.4) is 0 Å². The largest absolute Gasteiger partial charge is 0.482 e. The maximum atomic E-state index is 13.6. The molecule has 1 saturated heterocycles. The lowest BCUT2D eigenvalue weighted by Crippen LogP contribution is -2.77. The first-order valence-electron chi connectivity index (χ1n) is 10.9. The van der Waals surface area contributed by atoms with Gasteiger partial charge in [-0.25, -0.2) is 4.79 Å². The first-order valence-corrected chi connectivity index (χ1v) is 10.9. The highest BCUT2D eigenvalue weighted by Gasteiger charge is 2.78. The second kappa shape index (κ2) is 6.82. The summed E-state index contributed by atoms with van der Waals surface area (Å²) in [5.41, 5.74) is -1.63. The van der Waals surface area contributed by atoms with E-state index in [0.29, 0.717) is 25.7 Å². The van der Waals surface area contributed by atoms with Crippen LogP contribution in [-0.4, -0.2) is 52.3 Å². The van der Waals surface area contributed by atoms with E-state index in [9.17, 15) is 14.7 Å². The molecule has 2 aliphatic heterocycles. The molecule has 0 unspecified atom stereocenters. The molecule has 3 atom stereocenters. The van der Waals surface area contributed by atoms with E-state index in [1.807, 2.05) is 42.5 Å². The quantitative estimate of drug-likeness (QED) is 0.823. The Hall–Kier alpha value is -2.86. The highest BCUT2D eigenvalue weighted by molar-refractivity contribution is 6.01. The predicted octanol–water partition coefficient (Wildman–Crippen LogP) is 3.38. The molecule has 0 radical (unpaired) electrons. The molecule has 0 aromatic heterocycles. The number of para-hydroxylation sites is 1.